The average molecular weight is 330 g/mol. The number of hydrogen-bond donors (Lipinski definition) is 2. The first kappa shape index (κ1) is 13.9. The van der Waals surface area contributed by atoms with E-state index < -0.39 is 29.0 Å². The topological polar surface area (TPSA) is 83.8 Å². The second-order valence-corrected chi connectivity index (χ2v) is 9.51. The molecule has 6 saturated carbocycles. The monoisotopic (exact) mass is 330 g/mol. The van der Waals surface area contributed by atoms with Crippen LogP contribution in [-0.2, 0) is 14.3 Å². The van der Waals surface area contributed by atoms with Crippen molar-refractivity contribution in [2.24, 2.45) is 39.9 Å². The van der Waals surface area contributed by atoms with Crippen LogP contribution in [0.5, 0.6) is 0 Å². The molecule has 0 amide bonds. The zero-order chi connectivity index (χ0) is 16.9. The molecule has 9 atom stereocenters. The molecule has 1 saturated heterocycles. The first-order valence-corrected chi connectivity index (χ1v) is 9.09. The highest BCUT2D eigenvalue weighted by molar-refractivity contribution is 5.87. The van der Waals surface area contributed by atoms with E-state index in [-0.39, 0.29) is 28.6 Å². The second kappa shape index (κ2) is 3.33. The molecule has 128 valence electrons. The number of ether oxygens (including phenoxy) is 1. The number of carboxylic acid groups (broad SMARTS) is 1. The van der Waals surface area contributed by atoms with Crippen molar-refractivity contribution in [3.8, 4) is 0 Å². The fraction of sp³-hybridized carbons (Fsp3) is 0.789. The third kappa shape index (κ3) is 0.928. The van der Waals surface area contributed by atoms with Crippen LogP contribution in [0.2, 0.25) is 0 Å². The molecule has 6 bridgehead atoms. The summed E-state index contributed by atoms with van der Waals surface area (Å²) in [4.78, 5) is 25.2. The zero-order valence-corrected chi connectivity index (χ0v) is 13.7. The number of fused-ring (bicyclic) bond motifs is 1. The van der Waals surface area contributed by atoms with Crippen molar-refractivity contribution in [1.82, 2.24) is 0 Å². The smallest absolute Gasteiger partial charge is 0.312 e. The van der Waals surface area contributed by atoms with Crippen LogP contribution in [-0.4, -0.2) is 33.9 Å². The summed E-state index contributed by atoms with van der Waals surface area (Å²) >= 11 is 0. The summed E-state index contributed by atoms with van der Waals surface area (Å²) in [6.07, 6.45) is 2.95. The summed E-state index contributed by atoms with van der Waals surface area (Å²) in [5, 5.41) is 20.7. The minimum atomic E-state index is -0.871. The van der Waals surface area contributed by atoms with Gasteiger partial charge in [0.15, 0.2) is 0 Å². The maximum Gasteiger partial charge on any atom is 0.312 e. The van der Waals surface area contributed by atoms with Gasteiger partial charge in [-0.2, -0.15) is 0 Å². The molecule has 5 nitrogen and oxygen atoms in total. The van der Waals surface area contributed by atoms with Crippen molar-refractivity contribution in [2.75, 3.05) is 0 Å². The number of allylic oxidation sites excluding steroid dienone is 1. The van der Waals surface area contributed by atoms with Crippen LogP contribution in [0, 0.1) is 39.9 Å². The van der Waals surface area contributed by atoms with Crippen LogP contribution in [0.25, 0.3) is 0 Å². The molecule has 0 aromatic rings. The van der Waals surface area contributed by atoms with Crippen molar-refractivity contribution < 1.29 is 24.5 Å². The van der Waals surface area contributed by atoms with E-state index in [1.165, 1.54) is 5.57 Å². The fourth-order valence-electron chi connectivity index (χ4n) is 8.97. The molecule has 7 aliphatic rings. The molecule has 0 aromatic carbocycles. The Labute approximate surface area is 140 Å². The van der Waals surface area contributed by atoms with Gasteiger partial charge in [0.25, 0.3) is 0 Å². The molecular formula is C19H22O5. The highest BCUT2D eigenvalue weighted by Gasteiger charge is 3.00. The zero-order valence-electron chi connectivity index (χ0n) is 13.7. The van der Waals surface area contributed by atoms with E-state index in [2.05, 4.69) is 6.58 Å². The van der Waals surface area contributed by atoms with Gasteiger partial charge in [0.2, 0.25) is 0 Å². The number of aliphatic carboxylic acids is 1. The Morgan fingerprint density at radius 3 is 2.79 bits per heavy atom. The van der Waals surface area contributed by atoms with Gasteiger partial charge in [-0.3, -0.25) is 9.59 Å². The number of rotatable bonds is 1. The minimum absolute atomic E-state index is 0.168. The first-order chi connectivity index (χ1) is 11.3. The molecule has 5 heteroatoms. The van der Waals surface area contributed by atoms with Crippen molar-refractivity contribution >= 4 is 11.9 Å². The number of hydrogen-bond acceptors (Lipinski definition) is 4. The van der Waals surface area contributed by atoms with Crippen molar-refractivity contribution in [1.29, 1.82) is 0 Å². The van der Waals surface area contributed by atoms with Crippen LogP contribution in [0.1, 0.15) is 39.0 Å². The molecule has 0 unspecified atom stereocenters. The summed E-state index contributed by atoms with van der Waals surface area (Å²) in [6.45, 7) is 6.12. The Kier molecular flexibility index (Phi) is 1.92. The van der Waals surface area contributed by atoms with Crippen molar-refractivity contribution in [3.63, 3.8) is 0 Å². The van der Waals surface area contributed by atoms with Gasteiger partial charge in [-0.15, -0.1) is 0 Å². The van der Waals surface area contributed by atoms with E-state index in [9.17, 15) is 19.8 Å². The Morgan fingerprint density at radius 1 is 1.33 bits per heavy atom. The predicted molar refractivity (Wildman–Crippen MR) is 81.6 cm³/mol. The van der Waals surface area contributed by atoms with Gasteiger partial charge >= 0.3 is 11.9 Å². The van der Waals surface area contributed by atoms with E-state index in [0.29, 0.717) is 18.8 Å². The van der Waals surface area contributed by atoms with Crippen molar-refractivity contribution in [2.45, 2.75) is 50.7 Å². The molecule has 2 N–H and O–H groups in total. The van der Waals surface area contributed by atoms with E-state index in [0.717, 1.165) is 19.3 Å². The van der Waals surface area contributed by atoms with Gasteiger partial charge in [-0.25, -0.2) is 0 Å². The van der Waals surface area contributed by atoms with Crippen LogP contribution >= 0.6 is 0 Å². The molecule has 0 radical (unpaired) electrons. The normalized spacial score (nSPS) is 64.5. The number of aliphatic hydroxyl groups is 1. The summed E-state index contributed by atoms with van der Waals surface area (Å²) in [5.74, 6) is -1.33. The molecule has 24 heavy (non-hydrogen) atoms. The standard InChI is InChI=1S/C19H22O5/c1-8-9-3-4-18-12(8)17(18,5-9)11(14(21)22)13-16(2)6-10(20)7-19(13,18)24-15(16)23/h9-13,20H,1,3-7H2,2H3,(H,21,22)/t9-,10-,11-,12-,13-,16-,17-,18+,19-/m1/s1. The molecule has 6 aliphatic carbocycles. The highest BCUT2D eigenvalue weighted by Crippen LogP contribution is 2.98. The first-order valence-electron chi connectivity index (χ1n) is 9.09. The molecule has 1 heterocycles. The lowest BCUT2D eigenvalue weighted by atomic mass is 9.55. The van der Waals surface area contributed by atoms with Crippen LogP contribution < -0.4 is 0 Å². The third-order valence-corrected chi connectivity index (χ3v) is 9.16. The van der Waals surface area contributed by atoms with E-state index in [1.807, 2.05) is 6.92 Å². The SMILES string of the molecule is C=C1[C@@H]2CC[C@]34[C@H]1[C@@]3(C2)[C@@H](C(=O)O)[C@@H]1[C@@]2(C)C[C@@H](O)C[C@@]14OC2=O. The largest absolute Gasteiger partial charge is 0.481 e. The lowest BCUT2D eigenvalue weighted by Crippen LogP contribution is -2.55. The molecular weight excluding hydrogens is 308 g/mol. The Hall–Kier alpha value is -1.36. The molecule has 7 rings (SSSR count). The predicted octanol–water partition coefficient (Wildman–Crippen LogP) is 1.75. The highest BCUT2D eigenvalue weighted by atomic mass is 16.6. The van der Waals surface area contributed by atoms with E-state index in [4.69, 9.17) is 4.74 Å². The lowest BCUT2D eigenvalue weighted by Gasteiger charge is -2.48. The Bertz CT molecular complexity index is 759. The summed E-state index contributed by atoms with van der Waals surface area (Å²) in [6, 6.07) is 0. The fourth-order valence-corrected chi connectivity index (χ4v) is 8.97. The average Bonchev–Trinajstić information content (AvgIpc) is 2.89. The maximum atomic E-state index is 12.8. The number of esters is 1. The molecule has 1 aliphatic heterocycles. The molecule has 7 fully saturated rings. The van der Waals surface area contributed by atoms with Crippen LogP contribution in [0.15, 0.2) is 12.2 Å². The molecule has 0 aromatic heterocycles. The summed E-state index contributed by atoms with van der Waals surface area (Å²) < 4.78 is 6.10. The van der Waals surface area contributed by atoms with Gasteiger partial charge < -0.3 is 14.9 Å². The molecule has 2 spiro atoms. The van der Waals surface area contributed by atoms with Crippen LogP contribution in [0.4, 0.5) is 0 Å². The van der Waals surface area contributed by atoms with Crippen LogP contribution in [0.3, 0.4) is 0 Å². The quantitative estimate of drug-likeness (QED) is 0.565. The van der Waals surface area contributed by atoms with Gasteiger partial charge in [0.05, 0.1) is 17.4 Å². The number of carbonyl (C=O) groups excluding carboxylic acids is 1. The number of aliphatic hydroxyl groups excluding tert-OH is 1. The second-order valence-electron chi connectivity index (χ2n) is 9.51. The van der Waals surface area contributed by atoms with Gasteiger partial charge in [-0.1, -0.05) is 12.2 Å². The van der Waals surface area contributed by atoms with E-state index >= 15 is 0 Å². The number of carboxylic acids is 1. The van der Waals surface area contributed by atoms with Gasteiger partial charge in [0, 0.05) is 23.2 Å². The number of carbonyl (C=O) groups is 2. The van der Waals surface area contributed by atoms with Gasteiger partial charge in [0.1, 0.15) is 5.60 Å². The van der Waals surface area contributed by atoms with Gasteiger partial charge in [-0.05, 0) is 44.4 Å². The lowest BCUT2D eigenvalue weighted by molar-refractivity contribution is -0.163. The van der Waals surface area contributed by atoms with E-state index in [1.54, 1.807) is 0 Å². The summed E-state index contributed by atoms with van der Waals surface area (Å²) in [5.41, 5.74) is -1.04. The summed E-state index contributed by atoms with van der Waals surface area (Å²) in [7, 11) is 0. The third-order valence-electron chi connectivity index (χ3n) is 9.16. The Morgan fingerprint density at radius 2 is 2.08 bits per heavy atom. The maximum absolute atomic E-state index is 12.8. The van der Waals surface area contributed by atoms with Crippen molar-refractivity contribution in [3.05, 3.63) is 12.2 Å². The minimum Gasteiger partial charge on any atom is -0.481 e. The Balaban J connectivity index is 1.66.